The lowest BCUT2D eigenvalue weighted by molar-refractivity contribution is -0.137. The van der Waals surface area contributed by atoms with Gasteiger partial charge in [0.2, 0.25) is 5.91 Å². The van der Waals surface area contributed by atoms with E-state index >= 15 is 0 Å². The maximum absolute atomic E-state index is 12.2. The first-order valence-electron chi connectivity index (χ1n) is 7.21. The molecule has 2 N–H and O–H groups in total. The highest BCUT2D eigenvalue weighted by Gasteiger charge is 2.35. The van der Waals surface area contributed by atoms with Gasteiger partial charge in [0, 0.05) is 41.2 Å². The van der Waals surface area contributed by atoms with Crippen LogP contribution in [0.3, 0.4) is 0 Å². The van der Waals surface area contributed by atoms with Crippen molar-refractivity contribution in [1.29, 1.82) is 0 Å². The first-order valence-corrected chi connectivity index (χ1v) is 7.59. The van der Waals surface area contributed by atoms with Gasteiger partial charge in [0.15, 0.2) is 0 Å². The van der Waals surface area contributed by atoms with Crippen molar-refractivity contribution >= 4 is 28.4 Å². The Morgan fingerprint density at radius 3 is 3.00 bits per heavy atom. The van der Waals surface area contributed by atoms with Gasteiger partial charge < -0.3 is 10.6 Å². The van der Waals surface area contributed by atoms with Gasteiger partial charge in [-0.25, -0.2) is 0 Å². The van der Waals surface area contributed by atoms with Gasteiger partial charge in [0.25, 0.3) is 0 Å². The van der Waals surface area contributed by atoms with Crippen molar-refractivity contribution in [1.82, 2.24) is 9.88 Å². The molecule has 1 fully saturated rings. The number of rotatable bonds is 2. The molecule has 110 valence electrons. The lowest BCUT2D eigenvalue weighted by atomic mass is 9.89. The molecule has 5 heteroatoms. The van der Waals surface area contributed by atoms with Crippen LogP contribution in [0.5, 0.6) is 0 Å². The van der Waals surface area contributed by atoms with Crippen molar-refractivity contribution in [2.45, 2.75) is 31.8 Å². The Bertz CT molecular complexity index is 688. The highest BCUT2D eigenvalue weighted by molar-refractivity contribution is 6.35. The van der Waals surface area contributed by atoms with Crippen LogP contribution in [0.15, 0.2) is 30.5 Å². The van der Waals surface area contributed by atoms with E-state index in [-0.39, 0.29) is 18.0 Å². The van der Waals surface area contributed by atoms with Gasteiger partial charge in [0.1, 0.15) is 0 Å². The summed E-state index contributed by atoms with van der Waals surface area (Å²) < 4.78 is 0. The zero-order valence-electron chi connectivity index (χ0n) is 11.9. The van der Waals surface area contributed by atoms with Crippen molar-refractivity contribution < 1.29 is 4.79 Å². The number of halogens is 1. The number of carbonyl (C=O) groups excluding carboxylic acids is 1. The summed E-state index contributed by atoms with van der Waals surface area (Å²) in [4.78, 5) is 18.5. The molecule has 1 amide bonds. The Morgan fingerprint density at radius 2 is 2.24 bits per heavy atom. The molecular formula is C16H18ClN3O. The van der Waals surface area contributed by atoms with Gasteiger partial charge in [-0.1, -0.05) is 17.7 Å². The third-order valence-electron chi connectivity index (χ3n) is 4.16. The van der Waals surface area contributed by atoms with Crippen molar-refractivity contribution in [2.75, 3.05) is 6.54 Å². The summed E-state index contributed by atoms with van der Waals surface area (Å²) in [6.45, 7) is 2.63. The van der Waals surface area contributed by atoms with E-state index in [1.165, 1.54) is 0 Å². The molecule has 1 aliphatic heterocycles. The number of carbonyl (C=O) groups is 1. The molecule has 1 aromatic carbocycles. The Hall–Kier alpha value is -1.65. The van der Waals surface area contributed by atoms with Crippen LogP contribution in [0.25, 0.3) is 10.9 Å². The summed E-state index contributed by atoms with van der Waals surface area (Å²) in [7, 11) is 0. The maximum Gasteiger partial charge on any atom is 0.223 e. The number of nitrogens with two attached hydrogens (primary N) is 1. The fraction of sp³-hybridized carbons (Fsp3) is 0.375. The average molecular weight is 304 g/mol. The molecular weight excluding hydrogens is 286 g/mol. The van der Waals surface area contributed by atoms with Crippen LogP contribution in [-0.4, -0.2) is 28.4 Å². The van der Waals surface area contributed by atoms with E-state index in [4.69, 9.17) is 17.3 Å². The van der Waals surface area contributed by atoms with Gasteiger partial charge in [-0.15, -0.1) is 0 Å². The normalized spacial score (nSPS) is 22.8. The van der Waals surface area contributed by atoms with Crippen LogP contribution >= 0.6 is 11.6 Å². The number of pyridine rings is 1. The lowest BCUT2D eigenvalue weighted by Gasteiger charge is -2.39. The highest BCUT2D eigenvalue weighted by Crippen LogP contribution is 2.36. The van der Waals surface area contributed by atoms with E-state index < -0.39 is 0 Å². The minimum absolute atomic E-state index is 0.0750. The van der Waals surface area contributed by atoms with Crippen LogP contribution in [0.2, 0.25) is 5.02 Å². The quantitative estimate of drug-likeness (QED) is 0.928. The SMILES string of the molecule is CCN1C(=O)CCC(N)C1c1ccc(Cl)c2cccnc12. The van der Waals surface area contributed by atoms with E-state index in [2.05, 4.69) is 4.98 Å². The van der Waals surface area contributed by atoms with Crippen molar-refractivity contribution in [3.8, 4) is 0 Å². The van der Waals surface area contributed by atoms with Crippen molar-refractivity contribution in [3.63, 3.8) is 0 Å². The molecule has 4 nitrogen and oxygen atoms in total. The first-order chi connectivity index (χ1) is 10.1. The van der Waals surface area contributed by atoms with Gasteiger partial charge in [0.05, 0.1) is 11.6 Å². The standard InChI is InChI=1S/C16H18ClN3O/c1-2-20-14(21)8-7-13(18)16(20)11-5-6-12(17)10-4-3-9-19-15(10)11/h3-6,9,13,16H,2,7-8,18H2,1H3. The predicted octanol–water partition coefficient (Wildman–Crippen LogP) is 2.90. The second-order valence-electron chi connectivity index (χ2n) is 5.36. The largest absolute Gasteiger partial charge is 0.334 e. The van der Waals surface area contributed by atoms with Crippen LogP contribution < -0.4 is 5.73 Å². The minimum Gasteiger partial charge on any atom is -0.334 e. The monoisotopic (exact) mass is 303 g/mol. The molecule has 2 unspecified atom stereocenters. The molecule has 21 heavy (non-hydrogen) atoms. The van der Waals surface area contributed by atoms with E-state index in [1.54, 1.807) is 6.20 Å². The zero-order valence-corrected chi connectivity index (χ0v) is 12.7. The maximum atomic E-state index is 12.2. The molecule has 0 saturated carbocycles. The molecule has 0 aliphatic carbocycles. The minimum atomic E-state index is -0.133. The number of benzene rings is 1. The van der Waals surface area contributed by atoms with Crippen LogP contribution in [0, 0.1) is 0 Å². The second-order valence-corrected chi connectivity index (χ2v) is 5.77. The van der Waals surface area contributed by atoms with Crippen LogP contribution in [0.4, 0.5) is 0 Å². The summed E-state index contributed by atoms with van der Waals surface area (Å²) in [5.41, 5.74) is 8.13. The average Bonchev–Trinajstić information content (AvgIpc) is 2.50. The number of hydrogen-bond acceptors (Lipinski definition) is 3. The fourth-order valence-corrected chi connectivity index (χ4v) is 3.36. The number of likely N-dealkylation sites (N-methyl/N-ethyl adjacent to an activating group) is 1. The summed E-state index contributed by atoms with van der Waals surface area (Å²) in [5, 5.41) is 1.57. The summed E-state index contributed by atoms with van der Waals surface area (Å²) in [5.74, 6) is 0.156. The zero-order chi connectivity index (χ0) is 15.0. The Kier molecular flexibility index (Phi) is 3.83. The van der Waals surface area contributed by atoms with Crippen LogP contribution in [-0.2, 0) is 4.79 Å². The van der Waals surface area contributed by atoms with Crippen molar-refractivity contribution in [2.24, 2.45) is 5.73 Å². The molecule has 2 atom stereocenters. The number of nitrogens with zero attached hydrogens (tertiary/aromatic N) is 2. The van der Waals surface area contributed by atoms with Gasteiger partial charge in [-0.2, -0.15) is 0 Å². The van der Waals surface area contributed by atoms with Gasteiger partial charge >= 0.3 is 0 Å². The lowest BCUT2D eigenvalue weighted by Crippen LogP contribution is -2.48. The second kappa shape index (κ2) is 5.62. The fourth-order valence-electron chi connectivity index (χ4n) is 3.15. The molecule has 3 rings (SSSR count). The van der Waals surface area contributed by atoms with E-state index in [1.807, 2.05) is 36.1 Å². The van der Waals surface area contributed by atoms with E-state index in [0.29, 0.717) is 24.4 Å². The van der Waals surface area contributed by atoms with E-state index in [9.17, 15) is 4.79 Å². The number of piperidine rings is 1. The molecule has 1 saturated heterocycles. The van der Waals surface area contributed by atoms with Crippen molar-refractivity contribution in [3.05, 3.63) is 41.0 Å². The van der Waals surface area contributed by atoms with E-state index in [0.717, 1.165) is 16.5 Å². The van der Waals surface area contributed by atoms with Gasteiger partial charge in [-0.05, 0) is 31.5 Å². The first kappa shape index (κ1) is 14.3. The van der Waals surface area contributed by atoms with Crippen LogP contribution in [0.1, 0.15) is 31.4 Å². The Labute approximate surface area is 128 Å². The molecule has 2 aromatic rings. The summed E-state index contributed by atoms with van der Waals surface area (Å²) in [6, 6.07) is 7.41. The number of amides is 1. The smallest absolute Gasteiger partial charge is 0.223 e. The summed E-state index contributed by atoms with van der Waals surface area (Å²) >= 11 is 6.25. The Morgan fingerprint density at radius 1 is 1.43 bits per heavy atom. The predicted molar refractivity (Wildman–Crippen MR) is 84.1 cm³/mol. The molecule has 0 radical (unpaired) electrons. The van der Waals surface area contributed by atoms with Gasteiger partial charge in [-0.3, -0.25) is 9.78 Å². The third-order valence-corrected chi connectivity index (χ3v) is 4.49. The molecule has 2 heterocycles. The number of aromatic nitrogens is 1. The highest BCUT2D eigenvalue weighted by atomic mass is 35.5. The molecule has 1 aliphatic rings. The molecule has 1 aromatic heterocycles. The number of likely N-dealkylation sites (tertiary alicyclic amines) is 1. The third kappa shape index (κ3) is 2.39. The number of hydrogen-bond donors (Lipinski definition) is 1. The number of fused-ring (bicyclic) bond motifs is 1. The molecule has 0 spiro atoms. The summed E-state index contributed by atoms with van der Waals surface area (Å²) in [6.07, 6.45) is 2.97. The molecule has 0 bridgehead atoms. The Balaban J connectivity index is 2.18. The topological polar surface area (TPSA) is 59.2 Å².